The molecule has 5 aromatic rings. The van der Waals surface area contributed by atoms with Gasteiger partial charge in [-0.1, -0.05) is 89.9 Å². The summed E-state index contributed by atoms with van der Waals surface area (Å²) in [5.74, 6) is -1.30. The van der Waals surface area contributed by atoms with Crippen LogP contribution in [0.5, 0.6) is 0 Å². The fraction of sp³-hybridized carbons (Fsp3) is 0.0909. The standard InChI is InChI=1S/C33H24Cl2F2N2O4P2/c34-27-18-25(14-16-29(27)36)38-31-12-6-4-10-23(31)20-42-44(38,40)33(22-8-2-1-3-9-22)45(41)39(26-15-17-30(37)28(35)19-26)32-13-7-5-11-24(32)21-43-45/h1-19,33H,20-21H2. The van der Waals surface area contributed by atoms with E-state index in [2.05, 4.69) is 0 Å². The van der Waals surface area contributed by atoms with Gasteiger partial charge in [-0.25, -0.2) is 8.78 Å². The average Bonchev–Trinajstić information content (AvgIpc) is 3.04. The van der Waals surface area contributed by atoms with E-state index in [1.807, 2.05) is 24.3 Å². The highest BCUT2D eigenvalue weighted by molar-refractivity contribution is 7.78. The second kappa shape index (κ2) is 11.7. The molecule has 2 heterocycles. The van der Waals surface area contributed by atoms with Gasteiger partial charge in [0, 0.05) is 11.1 Å². The summed E-state index contributed by atoms with van der Waals surface area (Å²) in [7, 11) is -8.71. The van der Waals surface area contributed by atoms with Crippen LogP contribution in [0, 0.1) is 11.6 Å². The maximum atomic E-state index is 15.9. The van der Waals surface area contributed by atoms with Gasteiger partial charge in [0.25, 0.3) is 0 Å². The molecule has 0 saturated carbocycles. The minimum absolute atomic E-state index is 0.0544. The van der Waals surface area contributed by atoms with Crippen molar-refractivity contribution >= 4 is 61.0 Å². The van der Waals surface area contributed by atoms with Crippen molar-refractivity contribution in [1.82, 2.24) is 0 Å². The minimum atomic E-state index is -4.35. The number of para-hydroxylation sites is 2. The number of benzene rings is 5. The van der Waals surface area contributed by atoms with Crippen LogP contribution in [0.25, 0.3) is 0 Å². The Morgan fingerprint density at radius 3 is 1.47 bits per heavy atom. The van der Waals surface area contributed by atoms with E-state index in [9.17, 15) is 8.78 Å². The van der Waals surface area contributed by atoms with Crippen molar-refractivity contribution in [3.63, 3.8) is 0 Å². The molecule has 0 bridgehead atoms. The molecule has 2 unspecified atom stereocenters. The molecule has 0 amide bonds. The summed E-state index contributed by atoms with van der Waals surface area (Å²) in [6, 6.07) is 31.1. The zero-order valence-electron chi connectivity index (χ0n) is 23.4. The third-order valence-electron chi connectivity index (χ3n) is 7.82. The van der Waals surface area contributed by atoms with Crippen molar-refractivity contribution in [2.24, 2.45) is 0 Å². The van der Waals surface area contributed by atoms with Gasteiger partial charge in [0.15, 0.2) is 5.40 Å². The van der Waals surface area contributed by atoms with Gasteiger partial charge in [0.2, 0.25) is 0 Å². The molecule has 0 N–H and O–H groups in total. The summed E-state index contributed by atoms with van der Waals surface area (Å²) in [4.78, 5) is 0. The Morgan fingerprint density at radius 2 is 1.02 bits per heavy atom. The van der Waals surface area contributed by atoms with E-state index in [4.69, 9.17) is 32.2 Å². The monoisotopic (exact) mass is 682 g/mol. The van der Waals surface area contributed by atoms with E-state index in [0.29, 0.717) is 28.1 Å². The molecule has 0 fully saturated rings. The van der Waals surface area contributed by atoms with Gasteiger partial charge in [0.05, 0.1) is 46.0 Å². The predicted molar refractivity (Wildman–Crippen MR) is 174 cm³/mol. The Balaban J connectivity index is 1.52. The second-order valence-corrected chi connectivity index (χ2v) is 16.4. The molecule has 0 aromatic heterocycles. The highest BCUT2D eigenvalue weighted by atomic mass is 35.5. The molecule has 0 spiro atoms. The predicted octanol–water partition coefficient (Wildman–Crippen LogP) is 11.4. The normalized spacial score (nSPS) is 21.6. The topological polar surface area (TPSA) is 59.1 Å². The number of anilines is 4. The molecule has 7 rings (SSSR count). The first kappa shape index (κ1) is 30.2. The number of hydrogen-bond donors (Lipinski definition) is 0. The van der Waals surface area contributed by atoms with Gasteiger partial charge in [-0.05, 0) is 54.1 Å². The molecule has 2 atom stereocenters. The molecule has 6 nitrogen and oxygen atoms in total. The summed E-state index contributed by atoms with van der Waals surface area (Å²) in [6.45, 7) is -0.109. The van der Waals surface area contributed by atoms with E-state index in [-0.39, 0.29) is 34.6 Å². The Labute approximate surface area is 268 Å². The SMILES string of the molecule is O=P1(C(c2ccccc2)P2(=O)OCc3ccccc3N2c2ccc(F)c(Cl)c2)OCc2ccccc2N1c1ccc(F)c(Cl)c1. The smallest absolute Gasteiger partial charge is 0.307 e. The van der Waals surface area contributed by atoms with Crippen molar-refractivity contribution in [2.75, 3.05) is 9.34 Å². The maximum absolute atomic E-state index is 15.9. The molecular formula is C33H24Cl2F2N2O4P2. The first-order valence-electron chi connectivity index (χ1n) is 13.9. The summed E-state index contributed by atoms with van der Waals surface area (Å²) in [5.41, 5.74) is 3.45. The van der Waals surface area contributed by atoms with Crippen LogP contribution in [0.3, 0.4) is 0 Å². The molecule has 5 aromatic carbocycles. The van der Waals surface area contributed by atoms with E-state index in [1.54, 1.807) is 54.6 Å². The maximum Gasteiger partial charge on any atom is 0.320 e. The Kier molecular flexibility index (Phi) is 7.85. The largest absolute Gasteiger partial charge is 0.320 e. The van der Waals surface area contributed by atoms with Crippen LogP contribution in [0.15, 0.2) is 115 Å². The quantitative estimate of drug-likeness (QED) is 0.172. The number of rotatable bonds is 5. The molecule has 228 valence electrons. The Bertz CT molecular complexity index is 1910. The lowest BCUT2D eigenvalue weighted by Gasteiger charge is -2.47. The number of fused-ring (bicyclic) bond motifs is 2. The summed E-state index contributed by atoms with van der Waals surface area (Å²) in [6.07, 6.45) is 0. The molecule has 12 heteroatoms. The summed E-state index contributed by atoms with van der Waals surface area (Å²) >= 11 is 12.5. The van der Waals surface area contributed by atoms with Crippen LogP contribution < -0.4 is 9.34 Å². The molecule has 2 aliphatic rings. The third-order valence-corrected chi connectivity index (χ3v) is 15.0. The van der Waals surface area contributed by atoms with Gasteiger partial charge in [-0.2, -0.15) is 0 Å². The average molecular weight is 683 g/mol. The third kappa shape index (κ3) is 5.11. The van der Waals surface area contributed by atoms with Crippen molar-refractivity contribution in [1.29, 1.82) is 0 Å². The summed E-state index contributed by atoms with van der Waals surface area (Å²) < 4.78 is 76.4. The zero-order valence-corrected chi connectivity index (χ0v) is 26.7. The van der Waals surface area contributed by atoms with Crippen LogP contribution in [0.4, 0.5) is 31.5 Å². The first-order valence-corrected chi connectivity index (χ1v) is 18.0. The highest BCUT2D eigenvalue weighted by Gasteiger charge is 2.59. The van der Waals surface area contributed by atoms with E-state index < -0.39 is 32.1 Å². The highest BCUT2D eigenvalue weighted by Crippen LogP contribution is 2.84. The van der Waals surface area contributed by atoms with Crippen molar-refractivity contribution in [3.05, 3.63) is 154 Å². The van der Waals surface area contributed by atoms with E-state index in [0.717, 1.165) is 0 Å². The van der Waals surface area contributed by atoms with Crippen LogP contribution >= 0.6 is 38.2 Å². The lowest BCUT2D eigenvalue weighted by atomic mass is 10.2. The van der Waals surface area contributed by atoms with E-state index >= 15 is 9.13 Å². The van der Waals surface area contributed by atoms with E-state index in [1.165, 1.54) is 45.7 Å². The lowest BCUT2D eigenvalue weighted by Crippen LogP contribution is -2.30. The van der Waals surface area contributed by atoms with Gasteiger partial charge < -0.3 is 9.05 Å². The van der Waals surface area contributed by atoms with Crippen molar-refractivity contribution < 1.29 is 27.0 Å². The molecular weight excluding hydrogens is 659 g/mol. The number of nitrogens with zero attached hydrogens (tertiary/aromatic N) is 2. The molecule has 45 heavy (non-hydrogen) atoms. The molecule has 0 radical (unpaired) electrons. The summed E-state index contributed by atoms with van der Waals surface area (Å²) in [5, 5.41) is -1.79. The minimum Gasteiger partial charge on any atom is -0.307 e. The van der Waals surface area contributed by atoms with Crippen LogP contribution in [-0.4, -0.2) is 0 Å². The number of hydrogen-bond acceptors (Lipinski definition) is 4. The molecule has 0 saturated heterocycles. The van der Waals surface area contributed by atoms with Gasteiger partial charge >= 0.3 is 15.0 Å². The van der Waals surface area contributed by atoms with Gasteiger partial charge in [0.1, 0.15) is 11.6 Å². The number of halogens is 4. The lowest BCUT2D eigenvalue weighted by molar-refractivity contribution is 0.277. The second-order valence-electron chi connectivity index (χ2n) is 10.5. The van der Waals surface area contributed by atoms with Crippen LogP contribution in [0.2, 0.25) is 10.0 Å². The zero-order chi connectivity index (χ0) is 31.3. The van der Waals surface area contributed by atoms with Gasteiger partial charge in [-0.15, -0.1) is 0 Å². The van der Waals surface area contributed by atoms with Crippen LogP contribution in [-0.2, 0) is 31.4 Å². The van der Waals surface area contributed by atoms with Crippen molar-refractivity contribution in [2.45, 2.75) is 18.6 Å². The Morgan fingerprint density at radius 1 is 0.600 bits per heavy atom. The van der Waals surface area contributed by atoms with Gasteiger partial charge in [-0.3, -0.25) is 18.5 Å². The van der Waals surface area contributed by atoms with Crippen LogP contribution in [0.1, 0.15) is 22.1 Å². The fourth-order valence-electron chi connectivity index (χ4n) is 5.80. The molecule has 2 aliphatic heterocycles. The first-order chi connectivity index (χ1) is 21.7. The molecule has 0 aliphatic carbocycles. The fourth-order valence-corrected chi connectivity index (χ4v) is 13.2. The Hall–Kier alpha value is -3.48. The van der Waals surface area contributed by atoms with Crippen molar-refractivity contribution in [3.8, 4) is 0 Å².